The molecule has 1 rings (SSSR count). The lowest BCUT2D eigenvalue weighted by Crippen LogP contribution is -2.26. The Labute approximate surface area is 81.0 Å². The number of aromatic amines is 1. The van der Waals surface area contributed by atoms with Gasteiger partial charge in [-0.05, 0) is 5.92 Å². The molecule has 1 heterocycles. The predicted molar refractivity (Wildman–Crippen MR) is 49.1 cm³/mol. The quantitative estimate of drug-likeness (QED) is 0.577. The van der Waals surface area contributed by atoms with Crippen LogP contribution in [-0.4, -0.2) is 27.7 Å². The second-order valence-electron chi connectivity index (χ2n) is 3.18. The van der Waals surface area contributed by atoms with Crippen LogP contribution >= 0.6 is 0 Å². The third kappa shape index (κ3) is 3.02. The van der Waals surface area contributed by atoms with Gasteiger partial charge in [0.1, 0.15) is 0 Å². The number of nitrogen functional groups attached to an aromatic ring is 1. The molecule has 1 amide bonds. The van der Waals surface area contributed by atoms with Crippen molar-refractivity contribution in [2.75, 3.05) is 12.3 Å². The Kier molecular flexibility index (Phi) is 3.41. The molecule has 14 heavy (non-hydrogen) atoms. The summed E-state index contributed by atoms with van der Waals surface area (Å²) in [6.45, 7) is 4.38. The molecule has 4 N–H and O–H groups in total. The normalized spacial score (nSPS) is 10.5. The summed E-state index contributed by atoms with van der Waals surface area (Å²) in [5.74, 6) is -0.0878. The Morgan fingerprint density at radius 1 is 1.71 bits per heavy atom. The molecule has 78 valence electrons. The van der Waals surface area contributed by atoms with Crippen LogP contribution in [0.15, 0.2) is 0 Å². The molecule has 0 atom stereocenters. The van der Waals surface area contributed by atoms with Crippen LogP contribution in [0, 0.1) is 5.92 Å². The topological polar surface area (TPSA) is 106 Å². The third-order valence-electron chi connectivity index (χ3n) is 1.30. The van der Waals surface area contributed by atoms with Crippen LogP contribution in [-0.2, 0) is 4.84 Å². The summed E-state index contributed by atoms with van der Waals surface area (Å²) >= 11 is 0. The number of aromatic nitrogens is 3. The highest BCUT2D eigenvalue weighted by atomic mass is 16.7. The number of nitrogens with two attached hydrogens (primary N) is 1. The Hall–Kier alpha value is -1.63. The van der Waals surface area contributed by atoms with Crippen molar-refractivity contribution in [1.82, 2.24) is 20.7 Å². The molecule has 0 unspecified atom stereocenters. The van der Waals surface area contributed by atoms with Gasteiger partial charge in [-0.2, -0.15) is 4.98 Å². The van der Waals surface area contributed by atoms with E-state index in [0.29, 0.717) is 12.5 Å². The number of rotatable bonds is 4. The molecular weight excluding hydrogens is 186 g/mol. The first-order valence-electron chi connectivity index (χ1n) is 4.19. The number of anilines is 1. The average Bonchev–Trinajstić information content (AvgIpc) is 2.51. The molecule has 0 radical (unpaired) electrons. The van der Waals surface area contributed by atoms with Crippen LogP contribution in [0.5, 0.6) is 0 Å². The van der Waals surface area contributed by atoms with Crippen molar-refractivity contribution >= 4 is 11.9 Å². The van der Waals surface area contributed by atoms with Gasteiger partial charge in [0, 0.05) is 0 Å². The second kappa shape index (κ2) is 4.56. The lowest BCUT2D eigenvalue weighted by molar-refractivity contribution is 0.0201. The molecule has 7 nitrogen and oxygen atoms in total. The number of H-pyrrole nitrogens is 1. The van der Waals surface area contributed by atoms with E-state index in [1.165, 1.54) is 0 Å². The zero-order valence-corrected chi connectivity index (χ0v) is 8.07. The predicted octanol–water partition coefficient (Wildman–Crippen LogP) is -0.296. The number of carbonyl (C=O) groups is 1. The molecule has 0 fully saturated rings. The molecule has 1 aromatic rings. The van der Waals surface area contributed by atoms with Crippen LogP contribution < -0.4 is 11.2 Å². The SMILES string of the molecule is CC(C)CONC(=O)c1nc(N)n[nH]1. The Morgan fingerprint density at radius 3 is 2.93 bits per heavy atom. The number of amides is 1. The van der Waals surface area contributed by atoms with E-state index < -0.39 is 5.91 Å². The number of hydroxylamine groups is 1. The van der Waals surface area contributed by atoms with E-state index in [1.54, 1.807) is 0 Å². The summed E-state index contributed by atoms with van der Waals surface area (Å²) in [4.78, 5) is 19.7. The molecule has 0 saturated heterocycles. The van der Waals surface area contributed by atoms with Crippen molar-refractivity contribution in [2.24, 2.45) is 5.92 Å². The number of carbonyl (C=O) groups excluding carboxylic acids is 1. The molecule has 0 aliphatic carbocycles. The Morgan fingerprint density at radius 2 is 2.43 bits per heavy atom. The fraction of sp³-hybridized carbons (Fsp3) is 0.571. The molecule has 0 aromatic carbocycles. The van der Waals surface area contributed by atoms with Gasteiger partial charge in [0.2, 0.25) is 11.8 Å². The molecule has 1 aromatic heterocycles. The van der Waals surface area contributed by atoms with Crippen LogP contribution in [0.4, 0.5) is 5.95 Å². The van der Waals surface area contributed by atoms with Crippen molar-refractivity contribution in [3.8, 4) is 0 Å². The zero-order chi connectivity index (χ0) is 10.6. The van der Waals surface area contributed by atoms with Crippen LogP contribution in [0.3, 0.4) is 0 Å². The van der Waals surface area contributed by atoms with Crippen LogP contribution in [0.25, 0.3) is 0 Å². The number of nitrogens with one attached hydrogen (secondary N) is 2. The Bertz CT molecular complexity index is 309. The molecule has 0 aliphatic rings. The first-order chi connectivity index (χ1) is 6.59. The van der Waals surface area contributed by atoms with Gasteiger partial charge in [-0.3, -0.25) is 14.7 Å². The summed E-state index contributed by atoms with van der Waals surface area (Å²) in [7, 11) is 0. The van der Waals surface area contributed by atoms with Gasteiger partial charge in [0.05, 0.1) is 6.61 Å². The van der Waals surface area contributed by atoms with Crippen molar-refractivity contribution in [1.29, 1.82) is 0 Å². The van der Waals surface area contributed by atoms with E-state index in [2.05, 4.69) is 20.7 Å². The van der Waals surface area contributed by atoms with E-state index in [4.69, 9.17) is 10.6 Å². The zero-order valence-electron chi connectivity index (χ0n) is 8.07. The summed E-state index contributed by atoms with van der Waals surface area (Å²) in [5, 5.41) is 5.87. The third-order valence-corrected chi connectivity index (χ3v) is 1.30. The highest BCUT2D eigenvalue weighted by Crippen LogP contribution is 1.94. The molecule has 0 aliphatic heterocycles. The first-order valence-corrected chi connectivity index (χ1v) is 4.19. The summed E-state index contributed by atoms with van der Waals surface area (Å²) in [6, 6.07) is 0. The summed E-state index contributed by atoms with van der Waals surface area (Å²) < 4.78 is 0. The second-order valence-corrected chi connectivity index (χ2v) is 3.18. The standard InChI is InChI=1S/C7H13N5O2/c1-4(2)3-14-12-6(13)5-9-7(8)11-10-5/h4H,3H2,1-2H3,(H,12,13)(H3,8,9,10,11). The monoisotopic (exact) mass is 199 g/mol. The highest BCUT2D eigenvalue weighted by Gasteiger charge is 2.10. The van der Waals surface area contributed by atoms with Gasteiger partial charge in [-0.15, -0.1) is 5.10 Å². The minimum atomic E-state index is -0.491. The van der Waals surface area contributed by atoms with E-state index in [1.807, 2.05) is 13.8 Å². The minimum Gasteiger partial charge on any atom is -0.366 e. The van der Waals surface area contributed by atoms with E-state index >= 15 is 0 Å². The summed E-state index contributed by atoms with van der Waals surface area (Å²) in [6.07, 6.45) is 0. The number of nitrogens with zero attached hydrogens (tertiary/aromatic N) is 2. The number of hydrogen-bond acceptors (Lipinski definition) is 5. The molecule has 0 spiro atoms. The van der Waals surface area contributed by atoms with Gasteiger partial charge in [0.15, 0.2) is 0 Å². The maximum Gasteiger partial charge on any atom is 0.312 e. The van der Waals surface area contributed by atoms with Gasteiger partial charge in [-0.1, -0.05) is 13.8 Å². The van der Waals surface area contributed by atoms with E-state index in [-0.39, 0.29) is 11.8 Å². The van der Waals surface area contributed by atoms with Crippen molar-refractivity contribution < 1.29 is 9.63 Å². The lowest BCUT2D eigenvalue weighted by atomic mass is 10.2. The van der Waals surface area contributed by atoms with Crippen molar-refractivity contribution in [3.05, 3.63) is 5.82 Å². The molecular formula is C7H13N5O2. The Balaban J connectivity index is 2.36. The van der Waals surface area contributed by atoms with Gasteiger partial charge in [0.25, 0.3) is 0 Å². The van der Waals surface area contributed by atoms with Gasteiger partial charge >= 0.3 is 5.91 Å². The van der Waals surface area contributed by atoms with Crippen LogP contribution in [0.1, 0.15) is 24.5 Å². The first kappa shape index (κ1) is 10.5. The van der Waals surface area contributed by atoms with E-state index in [0.717, 1.165) is 0 Å². The summed E-state index contributed by atoms with van der Waals surface area (Å²) in [5.41, 5.74) is 7.43. The largest absolute Gasteiger partial charge is 0.366 e. The van der Waals surface area contributed by atoms with Gasteiger partial charge in [-0.25, -0.2) is 5.48 Å². The maximum atomic E-state index is 11.2. The van der Waals surface area contributed by atoms with Crippen LogP contribution in [0.2, 0.25) is 0 Å². The number of hydrogen-bond donors (Lipinski definition) is 3. The lowest BCUT2D eigenvalue weighted by Gasteiger charge is -2.05. The minimum absolute atomic E-state index is 0.0269. The van der Waals surface area contributed by atoms with Crippen molar-refractivity contribution in [3.63, 3.8) is 0 Å². The van der Waals surface area contributed by atoms with Crippen molar-refractivity contribution in [2.45, 2.75) is 13.8 Å². The molecule has 0 bridgehead atoms. The maximum absolute atomic E-state index is 11.2. The molecule has 7 heteroatoms. The smallest absolute Gasteiger partial charge is 0.312 e. The fourth-order valence-electron chi connectivity index (χ4n) is 0.699. The molecule has 0 saturated carbocycles. The average molecular weight is 199 g/mol. The van der Waals surface area contributed by atoms with Gasteiger partial charge < -0.3 is 5.73 Å². The highest BCUT2D eigenvalue weighted by molar-refractivity contribution is 5.89. The van der Waals surface area contributed by atoms with E-state index in [9.17, 15) is 4.79 Å². The fourth-order valence-corrected chi connectivity index (χ4v) is 0.699.